The molecule has 5 nitrogen and oxygen atoms in total. The summed E-state index contributed by atoms with van der Waals surface area (Å²) in [6, 6.07) is 7.51. The quantitative estimate of drug-likeness (QED) is 0.834. The van der Waals surface area contributed by atoms with E-state index in [0.29, 0.717) is 13.2 Å². The van der Waals surface area contributed by atoms with Crippen molar-refractivity contribution in [3.63, 3.8) is 0 Å². The Hall–Kier alpha value is -1.88. The van der Waals surface area contributed by atoms with E-state index in [2.05, 4.69) is 5.32 Å². The van der Waals surface area contributed by atoms with Crippen molar-refractivity contribution in [2.45, 2.75) is 19.9 Å². The van der Waals surface area contributed by atoms with Crippen molar-refractivity contribution in [1.82, 2.24) is 4.90 Å². The van der Waals surface area contributed by atoms with Gasteiger partial charge in [-0.2, -0.15) is 0 Å². The maximum absolute atomic E-state index is 12.0. The number of benzene rings is 1. The maximum atomic E-state index is 12.0. The second-order valence-electron chi connectivity index (χ2n) is 4.51. The second kappa shape index (κ2) is 6.33. The molecule has 1 aliphatic heterocycles. The zero-order valence-electron chi connectivity index (χ0n) is 11.0. The van der Waals surface area contributed by atoms with Gasteiger partial charge in [-0.25, -0.2) is 0 Å². The maximum Gasteiger partial charge on any atom is 0.249 e. The first-order valence-electron chi connectivity index (χ1n) is 6.44. The van der Waals surface area contributed by atoms with Crippen molar-refractivity contribution < 1.29 is 14.3 Å². The van der Waals surface area contributed by atoms with Gasteiger partial charge in [0.25, 0.3) is 0 Å². The lowest BCUT2D eigenvalue weighted by molar-refractivity contribution is -0.139. The van der Waals surface area contributed by atoms with E-state index in [4.69, 9.17) is 4.74 Å². The number of para-hydroxylation sites is 1. The number of carbonyl (C=O) groups excluding carboxylic acids is 2. The number of hydrogen-bond acceptors (Lipinski definition) is 3. The van der Waals surface area contributed by atoms with E-state index in [9.17, 15) is 9.59 Å². The van der Waals surface area contributed by atoms with E-state index in [1.54, 1.807) is 0 Å². The SMILES string of the molecule is CCCOCC(=O)N1CC(=O)Nc2ccccc2C1. The summed E-state index contributed by atoms with van der Waals surface area (Å²) in [5, 5.41) is 2.80. The van der Waals surface area contributed by atoms with Crippen LogP contribution in [0.2, 0.25) is 0 Å². The van der Waals surface area contributed by atoms with E-state index in [1.165, 1.54) is 4.90 Å². The van der Waals surface area contributed by atoms with Crippen LogP contribution in [0.1, 0.15) is 18.9 Å². The lowest BCUT2D eigenvalue weighted by Gasteiger charge is -2.19. The molecule has 0 atom stereocenters. The topological polar surface area (TPSA) is 58.6 Å². The number of hydrogen-bond donors (Lipinski definition) is 1. The van der Waals surface area contributed by atoms with Crippen molar-refractivity contribution in [2.75, 3.05) is 25.1 Å². The smallest absolute Gasteiger partial charge is 0.249 e. The fourth-order valence-electron chi connectivity index (χ4n) is 1.98. The van der Waals surface area contributed by atoms with Crippen molar-refractivity contribution in [1.29, 1.82) is 0 Å². The number of carbonyl (C=O) groups is 2. The van der Waals surface area contributed by atoms with Crippen molar-refractivity contribution >= 4 is 17.5 Å². The third-order valence-corrected chi connectivity index (χ3v) is 2.91. The highest BCUT2D eigenvalue weighted by Crippen LogP contribution is 2.20. The highest BCUT2D eigenvalue weighted by atomic mass is 16.5. The van der Waals surface area contributed by atoms with Crippen LogP contribution in [0.15, 0.2) is 24.3 Å². The molecule has 0 radical (unpaired) electrons. The summed E-state index contributed by atoms with van der Waals surface area (Å²) in [6.45, 7) is 3.08. The highest BCUT2D eigenvalue weighted by molar-refractivity contribution is 5.96. The molecule has 0 fully saturated rings. The number of fused-ring (bicyclic) bond motifs is 1. The molecular weight excluding hydrogens is 244 g/mol. The van der Waals surface area contributed by atoms with Crippen LogP contribution in [-0.2, 0) is 20.9 Å². The van der Waals surface area contributed by atoms with Crippen molar-refractivity contribution in [3.8, 4) is 0 Å². The van der Waals surface area contributed by atoms with Gasteiger partial charge in [0, 0.05) is 18.8 Å². The fraction of sp³-hybridized carbons (Fsp3) is 0.429. The summed E-state index contributed by atoms with van der Waals surface area (Å²) in [5.74, 6) is -0.325. The number of ether oxygens (including phenoxy) is 1. The number of nitrogens with one attached hydrogen (secondary N) is 1. The summed E-state index contributed by atoms with van der Waals surface area (Å²) < 4.78 is 5.24. The minimum atomic E-state index is -0.172. The Labute approximate surface area is 112 Å². The first-order chi connectivity index (χ1) is 9.20. The third-order valence-electron chi connectivity index (χ3n) is 2.91. The Morgan fingerprint density at radius 2 is 2.16 bits per heavy atom. The normalized spacial score (nSPS) is 14.6. The summed E-state index contributed by atoms with van der Waals surface area (Å²) in [4.78, 5) is 25.3. The van der Waals surface area contributed by atoms with Gasteiger partial charge < -0.3 is 15.0 Å². The van der Waals surface area contributed by atoms with Gasteiger partial charge in [-0.05, 0) is 18.1 Å². The molecule has 19 heavy (non-hydrogen) atoms. The molecule has 0 saturated heterocycles. The predicted molar refractivity (Wildman–Crippen MR) is 71.6 cm³/mol. The summed E-state index contributed by atoms with van der Waals surface area (Å²) in [7, 11) is 0. The average Bonchev–Trinajstić information content (AvgIpc) is 2.56. The Kier molecular flexibility index (Phi) is 4.52. The van der Waals surface area contributed by atoms with Crippen LogP contribution in [-0.4, -0.2) is 36.5 Å². The van der Waals surface area contributed by atoms with Crippen LogP contribution in [0.3, 0.4) is 0 Å². The molecule has 1 N–H and O–H groups in total. The summed E-state index contributed by atoms with van der Waals surface area (Å²) in [6.07, 6.45) is 0.872. The molecule has 1 heterocycles. The van der Waals surface area contributed by atoms with E-state index >= 15 is 0 Å². The molecule has 1 aliphatic rings. The van der Waals surface area contributed by atoms with Gasteiger partial charge in [0.1, 0.15) is 13.2 Å². The Bertz CT molecular complexity index is 474. The van der Waals surface area contributed by atoms with Crippen LogP contribution >= 0.6 is 0 Å². The molecule has 2 rings (SSSR count). The molecule has 0 spiro atoms. The zero-order chi connectivity index (χ0) is 13.7. The number of nitrogens with zero attached hydrogens (tertiary/aromatic N) is 1. The lowest BCUT2D eigenvalue weighted by atomic mass is 10.2. The van der Waals surface area contributed by atoms with Gasteiger partial charge in [-0.1, -0.05) is 25.1 Å². The summed E-state index contributed by atoms with van der Waals surface area (Å²) in [5.41, 5.74) is 1.72. The standard InChI is InChI=1S/C14H18N2O3/c1-2-7-19-10-14(18)16-8-11-5-3-4-6-12(11)15-13(17)9-16/h3-6H,2,7-10H2,1H3,(H,15,17). The monoisotopic (exact) mass is 262 g/mol. The van der Waals surface area contributed by atoms with E-state index < -0.39 is 0 Å². The van der Waals surface area contributed by atoms with Crippen LogP contribution in [0.4, 0.5) is 5.69 Å². The molecule has 5 heteroatoms. The predicted octanol–water partition coefficient (Wildman–Crippen LogP) is 1.39. The molecule has 0 saturated carbocycles. The molecule has 0 aliphatic carbocycles. The van der Waals surface area contributed by atoms with Gasteiger partial charge >= 0.3 is 0 Å². The molecule has 2 amide bonds. The van der Waals surface area contributed by atoms with Crippen molar-refractivity contribution in [3.05, 3.63) is 29.8 Å². The van der Waals surface area contributed by atoms with Gasteiger partial charge in [0.2, 0.25) is 11.8 Å². The van der Waals surface area contributed by atoms with Gasteiger partial charge in [-0.15, -0.1) is 0 Å². The van der Waals surface area contributed by atoms with E-state index in [0.717, 1.165) is 17.7 Å². The Morgan fingerprint density at radius 3 is 2.95 bits per heavy atom. The van der Waals surface area contributed by atoms with Crippen LogP contribution < -0.4 is 5.32 Å². The van der Waals surface area contributed by atoms with E-state index in [1.807, 2.05) is 31.2 Å². The first kappa shape index (κ1) is 13.5. The number of amides is 2. The number of rotatable bonds is 4. The Morgan fingerprint density at radius 1 is 1.37 bits per heavy atom. The van der Waals surface area contributed by atoms with E-state index in [-0.39, 0.29) is 25.0 Å². The van der Waals surface area contributed by atoms with Gasteiger partial charge in [-0.3, -0.25) is 9.59 Å². The minimum absolute atomic E-state index is 0.0310. The number of anilines is 1. The largest absolute Gasteiger partial charge is 0.372 e. The lowest BCUT2D eigenvalue weighted by Crippen LogP contribution is -2.37. The average molecular weight is 262 g/mol. The molecular formula is C14H18N2O3. The molecule has 1 aromatic carbocycles. The molecule has 0 aromatic heterocycles. The molecule has 1 aromatic rings. The van der Waals surface area contributed by atoms with Gasteiger partial charge in [0.05, 0.1) is 0 Å². The molecule has 0 unspecified atom stereocenters. The van der Waals surface area contributed by atoms with Crippen LogP contribution in [0.25, 0.3) is 0 Å². The first-order valence-corrected chi connectivity index (χ1v) is 6.44. The molecule has 0 bridgehead atoms. The third kappa shape index (κ3) is 3.54. The van der Waals surface area contributed by atoms with Gasteiger partial charge in [0.15, 0.2) is 0 Å². The van der Waals surface area contributed by atoms with Crippen LogP contribution in [0.5, 0.6) is 0 Å². The summed E-state index contributed by atoms with van der Waals surface area (Å²) >= 11 is 0. The van der Waals surface area contributed by atoms with Crippen molar-refractivity contribution in [2.24, 2.45) is 0 Å². The Balaban J connectivity index is 2.06. The zero-order valence-corrected chi connectivity index (χ0v) is 11.0. The fourth-order valence-corrected chi connectivity index (χ4v) is 1.98. The van der Waals surface area contributed by atoms with Crippen LogP contribution in [0, 0.1) is 0 Å². The second-order valence-corrected chi connectivity index (χ2v) is 4.51. The highest BCUT2D eigenvalue weighted by Gasteiger charge is 2.22. The minimum Gasteiger partial charge on any atom is -0.372 e. The molecule has 102 valence electrons.